The van der Waals surface area contributed by atoms with Crippen molar-refractivity contribution in [3.05, 3.63) is 76.9 Å². The van der Waals surface area contributed by atoms with Crippen LogP contribution in [0.15, 0.2) is 53.1 Å². The Morgan fingerprint density at radius 3 is 2.46 bits per heavy atom. The third-order valence-electron chi connectivity index (χ3n) is 13.3. The van der Waals surface area contributed by atoms with Crippen molar-refractivity contribution in [1.82, 2.24) is 35.5 Å². The summed E-state index contributed by atoms with van der Waals surface area (Å²) in [6, 6.07) is 7.60. The van der Waals surface area contributed by atoms with E-state index in [1.807, 2.05) is 13.8 Å². The molecule has 2 aromatic heterocycles. The van der Waals surface area contributed by atoms with Crippen molar-refractivity contribution in [2.45, 2.75) is 108 Å². The van der Waals surface area contributed by atoms with E-state index in [4.69, 9.17) is 19.7 Å². The van der Waals surface area contributed by atoms with Crippen LogP contribution in [0, 0.1) is 11.7 Å². The van der Waals surface area contributed by atoms with Crippen LogP contribution in [0.1, 0.15) is 104 Å². The molecule has 5 heterocycles. The number of amides is 6. The van der Waals surface area contributed by atoms with Crippen molar-refractivity contribution in [1.29, 1.82) is 0 Å². The van der Waals surface area contributed by atoms with Crippen LogP contribution < -0.4 is 25.8 Å². The molecule has 72 heavy (non-hydrogen) atoms. The molecule has 22 nitrogen and oxygen atoms in total. The van der Waals surface area contributed by atoms with Crippen LogP contribution in [0.25, 0.3) is 10.9 Å². The Morgan fingerprint density at radius 2 is 1.76 bits per heavy atom. The molecule has 3 fully saturated rings. The summed E-state index contributed by atoms with van der Waals surface area (Å²) < 4.78 is 44.7. The van der Waals surface area contributed by atoms with Gasteiger partial charge in [0.25, 0.3) is 17.3 Å². The first-order valence-electron chi connectivity index (χ1n) is 23.8. The Morgan fingerprint density at radius 1 is 1.00 bits per heavy atom. The minimum Gasteiger partial charge on any atom is -0.488 e. The van der Waals surface area contributed by atoms with E-state index < -0.39 is 78.8 Å². The second kappa shape index (κ2) is 22.8. The van der Waals surface area contributed by atoms with Crippen molar-refractivity contribution < 1.29 is 71.4 Å². The molecule has 3 saturated heterocycles. The molecular weight excluding hydrogens is 963 g/mol. The number of benzene rings is 2. The van der Waals surface area contributed by atoms with Crippen molar-refractivity contribution in [3.8, 4) is 11.6 Å². The van der Waals surface area contributed by atoms with Crippen LogP contribution in [0.3, 0.4) is 0 Å². The highest BCUT2D eigenvalue weighted by Crippen LogP contribution is 2.40. The molecule has 2 aromatic carbocycles. The number of aliphatic hydroxyl groups is 1. The molecule has 0 spiro atoms. The van der Waals surface area contributed by atoms with Gasteiger partial charge in [0.05, 0.1) is 18.8 Å². The number of nitrogens with two attached hydrogens (primary N) is 1. The number of fused-ring (bicyclic) bond motifs is 2. The zero-order valence-electron chi connectivity index (χ0n) is 40.1. The minimum absolute atomic E-state index is 0.0206. The number of carbonyl (C=O) groups is 7. The van der Waals surface area contributed by atoms with Crippen molar-refractivity contribution >= 4 is 59.5 Å². The molecule has 0 bridgehead atoms. The predicted octanol–water partition coefficient (Wildman–Crippen LogP) is 2.50. The zero-order valence-corrected chi connectivity index (χ0v) is 41.0. The maximum absolute atomic E-state index is 15.9. The summed E-state index contributed by atoms with van der Waals surface area (Å²) in [4.78, 5) is 118. The van der Waals surface area contributed by atoms with Gasteiger partial charge in [-0.2, -0.15) is 0 Å². The lowest BCUT2D eigenvalue weighted by Gasteiger charge is -2.38. The highest BCUT2D eigenvalue weighted by Gasteiger charge is 2.46. The van der Waals surface area contributed by atoms with E-state index in [0.717, 1.165) is 0 Å². The van der Waals surface area contributed by atoms with Gasteiger partial charge in [0.15, 0.2) is 17.3 Å². The van der Waals surface area contributed by atoms with Crippen LogP contribution >= 0.6 is 7.60 Å². The average Bonchev–Trinajstić information content (AvgIpc) is 4.16. The summed E-state index contributed by atoms with van der Waals surface area (Å²) in [6.45, 7) is 5.71. The largest absolute Gasteiger partial charge is 0.488 e. The number of nitrogens with zero attached hydrogens (tertiary/aromatic N) is 4. The number of aromatic nitrogens is 2. The molecule has 7 rings (SSSR count). The molecule has 388 valence electrons. The fourth-order valence-corrected chi connectivity index (χ4v) is 9.96. The zero-order chi connectivity index (χ0) is 52.0. The van der Waals surface area contributed by atoms with Gasteiger partial charge < -0.3 is 64.9 Å². The van der Waals surface area contributed by atoms with Gasteiger partial charge in [0.2, 0.25) is 29.5 Å². The molecule has 24 heteroatoms. The van der Waals surface area contributed by atoms with Crippen molar-refractivity contribution in [3.63, 3.8) is 0 Å². The fourth-order valence-electron chi connectivity index (χ4n) is 9.48. The normalized spacial score (nSPS) is 20.2. The van der Waals surface area contributed by atoms with Crippen molar-refractivity contribution in [2.75, 3.05) is 39.4 Å². The van der Waals surface area contributed by atoms with Crippen LogP contribution in [0.4, 0.5) is 4.39 Å². The van der Waals surface area contributed by atoms with Gasteiger partial charge in [0.1, 0.15) is 30.3 Å². The Labute approximate surface area is 413 Å². The van der Waals surface area contributed by atoms with E-state index in [0.29, 0.717) is 49.1 Å². The van der Waals surface area contributed by atoms with Gasteiger partial charge in [-0.15, -0.1) is 0 Å². The van der Waals surface area contributed by atoms with Crippen LogP contribution in [-0.2, 0) is 35.0 Å². The second-order valence-electron chi connectivity index (χ2n) is 18.8. The lowest BCUT2D eigenvalue weighted by molar-refractivity contribution is -0.145. The smallest absolute Gasteiger partial charge is 0.396 e. The quantitative estimate of drug-likeness (QED) is 0.0494. The summed E-state index contributed by atoms with van der Waals surface area (Å²) in [5.41, 5.74) is 4.43. The van der Waals surface area contributed by atoms with E-state index in [-0.39, 0.29) is 105 Å². The maximum atomic E-state index is 15.9. The number of aromatic amines is 1. The molecule has 3 aliphatic rings. The van der Waals surface area contributed by atoms with E-state index in [2.05, 4.69) is 20.8 Å². The lowest BCUT2D eigenvalue weighted by atomic mass is 9.92. The van der Waals surface area contributed by atoms with Gasteiger partial charge in [-0.3, -0.25) is 38.1 Å². The number of hydrogen-bond donors (Lipinski definition) is 7. The summed E-state index contributed by atoms with van der Waals surface area (Å²) in [7, 11) is -5.08. The Hall–Kier alpha value is -6.68. The Bertz CT molecular complexity index is 2740. The average molecular weight is 1020 g/mol. The number of ether oxygens (including phenoxy) is 2. The number of aryl methyl sites for hydroxylation is 1. The molecule has 6 amide bonds. The second-order valence-corrected chi connectivity index (χ2v) is 20.3. The van der Waals surface area contributed by atoms with Gasteiger partial charge >= 0.3 is 7.60 Å². The first-order chi connectivity index (χ1) is 34.2. The summed E-state index contributed by atoms with van der Waals surface area (Å²) >= 11 is 0. The minimum atomic E-state index is -5.08. The number of rotatable bonds is 20. The fraction of sp³-hybridized carbons (Fsp3) is 0.500. The third-order valence-corrected chi connectivity index (χ3v) is 14.0. The van der Waals surface area contributed by atoms with Crippen LogP contribution in [0.2, 0.25) is 0 Å². The lowest BCUT2D eigenvalue weighted by Crippen LogP contribution is -2.61. The van der Waals surface area contributed by atoms with Gasteiger partial charge in [-0.05, 0) is 91.9 Å². The third kappa shape index (κ3) is 12.7. The Balaban J connectivity index is 0.975. The number of hydrogen-bond acceptors (Lipinski definition) is 13. The van der Waals surface area contributed by atoms with Crippen LogP contribution in [0.5, 0.6) is 11.6 Å². The predicted molar refractivity (Wildman–Crippen MR) is 254 cm³/mol. The molecule has 3 aliphatic heterocycles. The van der Waals surface area contributed by atoms with Crippen molar-refractivity contribution in [2.24, 2.45) is 11.7 Å². The standard InChI is InChI=1S/C48H60FN8O14P/c1-26(2)42(47(64)56-18-16-33(59)23-56)39-22-41(54-71-39)69-19-5-7-28-6-4-8-38(43(28)49)70-25-31(10-14-40(50)60)51-45(62)37-13-11-32-15-17-55(27(3)58)24-36(46(63)57(32)37)53-44(61)35-21-30-20-29(9-12-34(30)52-35)48(65)72(66,67)68/h4,6,8-9,12,20-22,26,31-33,36-37,42,52,59H,5,7,10-11,13-19,23-25H2,1-3H3,(H2,50,60)(H,51,62)(H,53,61)(H2,66,67,68). The first kappa shape index (κ1) is 53.1. The van der Waals surface area contributed by atoms with E-state index in [9.17, 15) is 53.0 Å². The van der Waals surface area contributed by atoms with E-state index in [1.165, 1.54) is 47.1 Å². The van der Waals surface area contributed by atoms with Gasteiger partial charge in [-0.1, -0.05) is 26.0 Å². The van der Waals surface area contributed by atoms with E-state index >= 15 is 4.39 Å². The molecule has 0 saturated carbocycles. The topological polar surface area (TPSA) is 317 Å². The molecule has 0 radical (unpaired) electrons. The summed E-state index contributed by atoms with van der Waals surface area (Å²) in [6.07, 6.45) is 1.39. The number of nitrogens with one attached hydrogen (secondary N) is 3. The summed E-state index contributed by atoms with van der Waals surface area (Å²) in [5, 5.41) is 19.7. The number of primary amides is 1. The SMILES string of the molecule is CC(=O)N1CCC2CCC(C(=O)NC(CCC(N)=O)COc3cccc(CCCOc4cc(C(C(=O)N5CCC(O)C5)C(C)C)on4)c3F)N2C(=O)C(NC(=O)c2cc3cc(C(=O)P(=O)(O)O)ccc3[nH]2)C1. The Kier molecular flexibility index (Phi) is 16.8. The molecule has 0 aliphatic carbocycles. The number of H-pyrrole nitrogens is 1. The number of β-amino-alcohol motifs (C(OH)–C–C–N with tert-alkyl or cyclic N) is 1. The first-order valence-corrected chi connectivity index (χ1v) is 25.5. The van der Waals surface area contributed by atoms with Crippen LogP contribution in [-0.4, -0.2) is 150 Å². The van der Waals surface area contributed by atoms with E-state index in [1.54, 1.807) is 23.1 Å². The molecular formula is C48H60FN8O14P. The maximum Gasteiger partial charge on any atom is 0.396 e. The number of aliphatic hydroxyl groups excluding tert-OH is 1. The van der Waals surface area contributed by atoms with Gasteiger partial charge in [0, 0.05) is 68.1 Å². The molecule has 6 atom stereocenters. The number of likely N-dealkylation sites (tertiary alicyclic amines) is 1. The molecule has 6 unspecified atom stereocenters. The molecule has 8 N–H and O–H groups in total. The summed E-state index contributed by atoms with van der Waals surface area (Å²) in [5.74, 6) is -4.09. The monoisotopic (exact) mass is 1020 g/mol. The highest BCUT2D eigenvalue weighted by molar-refractivity contribution is 7.70. The number of carbonyl (C=O) groups excluding carboxylic acids is 7. The number of halogens is 1. The molecule has 4 aromatic rings. The highest BCUT2D eigenvalue weighted by atomic mass is 31.2. The van der Waals surface area contributed by atoms with Gasteiger partial charge in [-0.25, -0.2) is 4.39 Å².